The van der Waals surface area contributed by atoms with Crippen LogP contribution in [-0.2, 0) is 10.0 Å². The molecule has 3 rings (SSSR count). The number of hydrogen-bond acceptors (Lipinski definition) is 4. The predicted molar refractivity (Wildman–Crippen MR) is 115 cm³/mol. The minimum Gasteiger partial charge on any atom is -0.279 e. The number of anilines is 1. The summed E-state index contributed by atoms with van der Waals surface area (Å²) in [6.45, 7) is 0. The number of nitrogens with one attached hydrogen (secondary N) is 2. The smallest absolute Gasteiger partial charge is 0.273 e. The van der Waals surface area contributed by atoms with Crippen molar-refractivity contribution >= 4 is 51.0 Å². The molecule has 0 saturated carbocycles. The Balaban J connectivity index is 1.78. The molecule has 0 aromatic heterocycles. The minimum absolute atomic E-state index is 0.0221. The van der Waals surface area contributed by atoms with Crippen LogP contribution in [0.1, 0.15) is 15.9 Å². The average molecular weight is 448 g/mol. The van der Waals surface area contributed by atoms with Gasteiger partial charge in [0.25, 0.3) is 15.9 Å². The van der Waals surface area contributed by atoms with E-state index in [1.165, 1.54) is 42.6 Å². The normalized spacial score (nSPS) is 11.4. The second-order valence-corrected chi connectivity index (χ2v) is 8.35. The highest BCUT2D eigenvalue weighted by molar-refractivity contribution is 7.92. The molecule has 0 heterocycles. The standard InChI is InChI=1S/C20H15Cl2N3O3S/c21-15-9-11-16(12-10-15)29(27,28)25-19-8-4-2-6-17(19)20(26)24-23-13-14-5-1-3-7-18(14)22/h1-13,25H,(H,24,26)/b23-13-. The highest BCUT2D eigenvalue weighted by Crippen LogP contribution is 2.21. The molecular formula is C20H15Cl2N3O3S. The molecule has 1 amide bonds. The first-order chi connectivity index (χ1) is 13.9. The van der Waals surface area contributed by atoms with Crippen LogP contribution in [-0.4, -0.2) is 20.5 Å². The fraction of sp³-hybridized carbons (Fsp3) is 0. The average Bonchev–Trinajstić information content (AvgIpc) is 2.70. The largest absolute Gasteiger partial charge is 0.279 e. The molecule has 29 heavy (non-hydrogen) atoms. The van der Waals surface area contributed by atoms with Gasteiger partial charge in [0.2, 0.25) is 0 Å². The Labute approximate surface area is 178 Å². The van der Waals surface area contributed by atoms with Crippen molar-refractivity contribution in [2.75, 3.05) is 4.72 Å². The van der Waals surface area contributed by atoms with Crippen molar-refractivity contribution < 1.29 is 13.2 Å². The van der Waals surface area contributed by atoms with Crippen LogP contribution in [0.2, 0.25) is 10.0 Å². The van der Waals surface area contributed by atoms with Gasteiger partial charge in [0.05, 0.1) is 22.4 Å². The van der Waals surface area contributed by atoms with Gasteiger partial charge in [-0.25, -0.2) is 13.8 Å². The van der Waals surface area contributed by atoms with E-state index in [2.05, 4.69) is 15.2 Å². The number of sulfonamides is 1. The molecule has 0 spiro atoms. The molecule has 0 fully saturated rings. The summed E-state index contributed by atoms with van der Waals surface area (Å²) in [6.07, 6.45) is 1.40. The van der Waals surface area contributed by atoms with Crippen LogP contribution >= 0.6 is 23.2 Å². The maximum Gasteiger partial charge on any atom is 0.273 e. The Hall–Kier alpha value is -2.87. The lowest BCUT2D eigenvalue weighted by Crippen LogP contribution is -2.21. The third-order valence-corrected chi connectivity index (χ3v) is 5.79. The first kappa shape index (κ1) is 20.9. The molecule has 0 saturated heterocycles. The number of amides is 1. The van der Waals surface area contributed by atoms with E-state index in [0.29, 0.717) is 15.6 Å². The molecule has 9 heteroatoms. The number of hydrazone groups is 1. The van der Waals surface area contributed by atoms with E-state index in [1.807, 2.05) is 0 Å². The van der Waals surface area contributed by atoms with E-state index in [4.69, 9.17) is 23.2 Å². The molecule has 148 valence electrons. The zero-order valence-electron chi connectivity index (χ0n) is 14.8. The highest BCUT2D eigenvalue weighted by Gasteiger charge is 2.18. The number of carbonyl (C=O) groups excluding carboxylic acids is 1. The van der Waals surface area contributed by atoms with Crippen molar-refractivity contribution in [2.24, 2.45) is 5.10 Å². The number of para-hydroxylation sites is 1. The van der Waals surface area contributed by atoms with Gasteiger partial charge in [-0.3, -0.25) is 9.52 Å². The summed E-state index contributed by atoms with van der Waals surface area (Å²) in [6, 6.07) is 18.9. The molecule has 0 unspecified atom stereocenters. The number of halogens is 2. The van der Waals surface area contributed by atoms with Crippen LogP contribution in [0.5, 0.6) is 0 Å². The van der Waals surface area contributed by atoms with Crippen LogP contribution < -0.4 is 10.1 Å². The first-order valence-electron chi connectivity index (χ1n) is 8.32. The van der Waals surface area contributed by atoms with Crippen molar-refractivity contribution in [3.8, 4) is 0 Å². The lowest BCUT2D eigenvalue weighted by molar-refractivity contribution is 0.0956. The van der Waals surface area contributed by atoms with Gasteiger partial charge in [0.1, 0.15) is 0 Å². The summed E-state index contributed by atoms with van der Waals surface area (Å²) in [5.74, 6) is -0.581. The van der Waals surface area contributed by atoms with E-state index in [-0.39, 0.29) is 16.1 Å². The molecular weight excluding hydrogens is 433 g/mol. The first-order valence-corrected chi connectivity index (χ1v) is 10.6. The van der Waals surface area contributed by atoms with Crippen molar-refractivity contribution in [1.29, 1.82) is 0 Å². The van der Waals surface area contributed by atoms with E-state index in [1.54, 1.807) is 36.4 Å². The fourth-order valence-corrected chi connectivity index (χ4v) is 3.78. The second kappa shape index (κ2) is 9.09. The van der Waals surface area contributed by atoms with Gasteiger partial charge < -0.3 is 0 Å². The summed E-state index contributed by atoms with van der Waals surface area (Å²) >= 11 is 11.8. The zero-order valence-corrected chi connectivity index (χ0v) is 17.2. The Bertz CT molecular complexity index is 1160. The zero-order chi connectivity index (χ0) is 20.9. The van der Waals surface area contributed by atoms with Crippen LogP contribution in [0.4, 0.5) is 5.69 Å². The Morgan fingerprint density at radius 1 is 0.897 bits per heavy atom. The highest BCUT2D eigenvalue weighted by atomic mass is 35.5. The molecule has 0 aliphatic heterocycles. The summed E-state index contributed by atoms with van der Waals surface area (Å²) < 4.78 is 27.6. The van der Waals surface area contributed by atoms with Crippen LogP contribution in [0.25, 0.3) is 0 Å². The molecule has 2 N–H and O–H groups in total. The molecule has 6 nitrogen and oxygen atoms in total. The lowest BCUT2D eigenvalue weighted by atomic mass is 10.2. The van der Waals surface area contributed by atoms with Crippen molar-refractivity contribution in [3.63, 3.8) is 0 Å². The van der Waals surface area contributed by atoms with Gasteiger partial charge in [0.15, 0.2) is 0 Å². The van der Waals surface area contributed by atoms with Crippen LogP contribution in [0.15, 0.2) is 82.8 Å². The number of hydrogen-bond donors (Lipinski definition) is 2. The Kier molecular flexibility index (Phi) is 6.53. The molecule has 0 aliphatic carbocycles. The summed E-state index contributed by atoms with van der Waals surface area (Å²) in [7, 11) is -3.90. The maximum absolute atomic E-state index is 12.6. The molecule has 3 aromatic carbocycles. The number of nitrogens with zero attached hydrogens (tertiary/aromatic N) is 1. The van der Waals surface area contributed by atoms with Gasteiger partial charge in [-0.2, -0.15) is 5.10 Å². The molecule has 0 atom stereocenters. The van der Waals surface area contributed by atoms with Gasteiger partial charge in [-0.1, -0.05) is 53.5 Å². The number of benzene rings is 3. The topological polar surface area (TPSA) is 87.6 Å². The molecule has 0 radical (unpaired) electrons. The van der Waals surface area contributed by atoms with E-state index in [9.17, 15) is 13.2 Å². The van der Waals surface area contributed by atoms with Gasteiger partial charge in [-0.15, -0.1) is 0 Å². The SMILES string of the molecule is O=C(N/N=C\c1ccccc1Cl)c1ccccc1NS(=O)(=O)c1ccc(Cl)cc1. The number of carbonyl (C=O) groups is 1. The summed E-state index contributed by atoms with van der Waals surface area (Å²) in [5.41, 5.74) is 3.23. The lowest BCUT2D eigenvalue weighted by Gasteiger charge is -2.11. The van der Waals surface area contributed by atoms with Gasteiger partial charge in [0, 0.05) is 15.6 Å². The van der Waals surface area contributed by atoms with Crippen LogP contribution in [0, 0.1) is 0 Å². The molecule has 0 bridgehead atoms. The maximum atomic E-state index is 12.6. The van der Waals surface area contributed by atoms with Gasteiger partial charge >= 0.3 is 0 Å². The number of rotatable bonds is 6. The molecule has 0 aliphatic rings. The third-order valence-electron chi connectivity index (χ3n) is 3.81. The monoisotopic (exact) mass is 447 g/mol. The van der Waals surface area contributed by atoms with Crippen LogP contribution in [0.3, 0.4) is 0 Å². The summed E-state index contributed by atoms with van der Waals surface area (Å²) in [5, 5.41) is 4.79. The van der Waals surface area contributed by atoms with Gasteiger partial charge in [-0.05, 0) is 42.5 Å². The second-order valence-electron chi connectivity index (χ2n) is 5.83. The Morgan fingerprint density at radius 2 is 1.55 bits per heavy atom. The third kappa shape index (κ3) is 5.35. The van der Waals surface area contributed by atoms with Crippen molar-refractivity contribution in [2.45, 2.75) is 4.90 Å². The summed E-state index contributed by atoms with van der Waals surface area (Å²) in [4.78, 5) is 12.5. The minimum atomic E-state index is -3.90. The van der Waals surface area contributed by atoms with Crippen molar-refractivity contribution in [3.05, 3.63) is 94.0 Å². The van der Waals surface area contributed by atoms with E-state index >= 15 is 0 Å². The van der Waals surface area contributed by atoms with E-state index < -0.39 is 15.9 Å². The predicted octanol–water partition coefficient (Wildman–Crippen LogP) is 4.56. The molecule has 3 aromatic rings. The quantitative estimate of drug-likeness (QED) is 0.428. The van der Waals surface area contributed by atoms with E-state index in [0.717, 1.165) is 0 Å². The van der Waals surface area contributed by atoms with Crippen molar-refractivity contribution in [1.82, 2.24) is 5.43 Å². The Morgan fingerprint density at radius 3 is 2.28 bits per heavy atom. The fourth-order valence-electron chi connectivity index (χ4n) is 2.39.